The Balaban J connectivity index is 1.57. The molecule has 0 spiro atoms. The molecular formula is C15H25N3O2. The first-order chi connectivity index (χ1) is 9.83. The molecule has 0 amide bonds. The fourth-order valence-corrected chi connectivity index (χ4v) is 3.35. The van der Waals surface area contributed by atoms with Crippen molar-refractivity contribution in [3.63, 3.8) is 0 Å². The number of hydrogen-bond acceptors (Lipinski definition) is 5. The lowest BCUT2D eigenvalue weighted by Gasteiger charge is -2.24. The lowest BCUT2D eigenvalue weighted by atomic mass is 9.84. The molecule has 20 heavy (non-hydrogen) atoms. The van der Waals surface area contributed by atoms with E-state index in [1.54, 1.807) is 0 Å². The highest BCUT2D eigenvalue weighted by atomic mass is 16.5. The summed E-state index contributed by atoms with van der Waals surface area (Å²) in [5.41, 5.74) is 6.29. The molecule has 1 aliphatic heterocycles. The van der Waals surface area contributed by atoms with Crippen molar-refractivity contribution in [2.24, 2.45) is 11.7 Å². The monoisotopic (exact) mass is 279 g/mol. The van der Waals surface area contributed by atoms with E-state index in [9.17, 15) is 0 Å². The Labute approximate surface area is 120 Å². The Morgan fingerprint density at radius 2 is 1.90 bits per heavy atom. The molecule has 1 aromatic heterocycles. The lowest BCUT2D eigenvalue weighted by molar-refractivity contribution is 0.0153. The first kappa shape index (κ1) is 14.0. The van der Waals surface area contributed by atoms with Gasteiger partial charge in [0.1, 0.15) is 0 Å². The zero-order valence-corrected chi connectivity index (χ0v) is 12.1. The smallest absolute Gasteiger partial charge is 0.243 e. The van der Waals surface area contributed by atoms with Gasteiger partial charge in [-0.25, -0.2) is 0 Å². The fraction of sp³-hybridized carbons (Fsp3) is 0.867. The fourth-order valence-electron chi connectivity index (χ4n) is 3.35. The molecule has 0 bridgehead atoms. The average Bonchev–Trinajstić information content (AvgIpc) is 2.97. The third-order valence-corrected chi connectivity index (χ3v) is 4.61. The Kier molecular flexibility index (Phi) is 4.68. The van der Waals surface area contributed by atoms with E-state index in [2.05, 4.69) is 10.1 Å². The van der Waals surface area contributed by atoms with Crippen molar-refractivity contribution in [2.75, 3.05) is 6.61 Å². The van der Waals surface area contributed by atoms with E-state index in [0.29, 0.717) is 11.8 Å². The first-order valence-electron chi connectivity index (χ1n) is 8.02. The van der Waals surface area contributed by atoms with Crippen molar-refractivity contribution in [2.45, 2.75) is 69.9 Å². The summed E-state index contributed by atoms with van der Waals surface area (Å²) < 4.78 is 11.1. The van der Waals surface area contributed by atoms with E-state index in [4.69, 9.17) is 15.0 Å². The third kappa shape index (κ3) is 3.38. The van der Waals surface area contributed by atoms with Crippen molar-refractivity contribution < 1.29 is 9.26 Å². The zero-order chi connectivity index (χ0) is 13.8. The highest BCUT2D eigenvalue weighted by Gasteiger charge is 2.27. The molecule has 112 valence electrons. The molecule has 5 nitrogen and oxygen atoms in total. The second kappa shape index (κ2) is 6.68. The SMILES string of the molecule is NC(c1nc(CC2CCCCO2)no1)C1CCCCC1. The highest BCUT2D eigenvalue weighted by molar-refractivity contribution is 4.96. The average molecular weight is 279 g/mol. The molecule has 0 radical (unpaired) electrons. The molecule has 2 aliphatic rings. The number of nitrogens with two attached hydrogens (primary N) is 1. The number of rotatable bonds is 4. The van der Waals surface area contributed by atoms with Crippen LogP contribution in [-0.2, 0) is 11.2 Å². The maximum absolute atomic E-state index is 6.29. The van der Waals surface area contributed by atoms with Gasteiger partial charge in [-0.15, -0.1) is 0 Å². The summed E-state index contributed by atoms with van der Waals surface area (Å²) in [6.45, 7) is 0.858. The van der Waals surface area contributed by atoms with Gasteiger partial charge in [-0.05, 0) is 38.0 Å². The Bertz CT molecular complexity index is 409. The topological polar surface area (TPSA) is 74.2 Å². The van der Waals surface area contributed by atoms with Crippen LogP contribution in [0.15, 0.2) is 4.52 Å². The molecule has 2 N–H and O–H groups in total. The van der Waals surface area contributed by atoms with Crippen molar-refractivity contribution in [1.29, 1.82) is 0 Å². The van der Waals surface area contributed by atoms with Crippen LogP contribution in [0.1, 0.15) is 69.1 Å². The second-order valence-electron chi connectivity index (χ2n) is 6.17. The molecule has 3 rings (SSSR count). The number of ether oxygens (including phenoxy) is 1. The maximum atomic E-state index is 6.29. The predicted molar refractivity (Wildman–Crippen MR) is 75.1 cm³/mol. The van der Waals surface area contributed by atoms with Crippen LogP contribution in [0.25, 0.3) is 0 Å². The Hall–Kier alpha value is -0.940. The van der Waals surface area contributed by atoms with Crippen LogP contribution in [0, 0.1) is 5.92 Å². The number of hydrogen-bond donors (Lipinski definition) is 1. The van der Waals surface area contributed by atoms with Crippen LogP contribution in [0.3, 0.4) is 0 Å². The minimum atomic E-state index is -0.0937. The third-order valence-electron chi connectivity index (χ3n) is 4.61. The molecule has 1 aliphatic carbocycles. The Morgan fingerprint density at radius 3 is 2.65 bits per heavy atom. The van der Waals surface area contributed by atoms with Gasteiger partial charge in [-0.1, -0.05) is 24.4 Å². The van der Waals surface area contributed by atoms with Crippen LogP contribution in [0.4, 0.5) is 0 Å². The minimum Gasteiger partial charge on any atom is -0.378 e. The molecule has 2 fully saturated rings. The van der Waals surface area contributed by atoms with E-state index in [0.717, 1.165) is 25.3 Å². The van der Waals surface area contributed by atoms with E-state index >= 15 is 0 Å². The molecule has 1 saturated carbocycles. The summed E-state index contributed by atoms with van der Waals surface area (Å²) in [5.74, 6) is 1.86. The van der Waals surface area contributed by atoms with Gasteiger partial charge in [0.15, 0.2) is 5.82 Å². The standard InChI is InChI=1S/C15H25N3O2/c16-14(11-6-2-1-3-7-11)15-17-13(18-20-15)10-12-8-4-5-9-19-12/h11-12,14H,1-10,16H2. The Morgan fingerprint density at radius 1 is 1.10 bits per heavy atom. The van der Waals surface area contributed by atoms with Gasteiger partial charge < -0.3 is 15.0 Å². The number of aromatic nitrogens is 2. The van der Waals surface area contributed by atoms with Crippen molar-refractivity contribution in [3.8, 4) is 0 Å². The van der Waals surface area contributed by atoms with Crippen LogP contribution in [0.2, 0.25) is 0 Å². The van der Waals surface area contributed by atoms with Crippen LogP contribution >= 0.6 is 0 Å². The second-order valence-corrected chi connectivity index (χ2v) is 6.17. The summed E-state index contributed by atoms with van der Waals surface area (Å²) in [5, 5.41) is 4.08. The van der Waals surface area contributed by atoms with Gasteiger partial charge in [0.25, 0.3) is 0 Å². The van der Waals surface area contributed by atoms with Gasteiger partial charge in [-0.2, -0.15) is 4.98 Å². The molecule has 2 heterocycles. The van der Waals surface area contributed by atoms with Crippen molar-refractivity contribution >= 4 is 0 Å². The van der Waals surface area contributed by atoms with E-state index < -0.39 is 0 Å². The van der Waals surface area contributed by atoms with Crippen LogP contribution < -0.4 is 5.73 Å². The zero-order valence-electron chi connectivity index (χ0n) is 12.1. The van der Waals surface area contributed by atoms with Gasteiger partial charge >= 0.3 is 0 Å². The van der Waals surface area contributed by atoms with E-state index in [-0.39, 0.29) is 12.1 Å². The summed E-state index contributed by atoms with van der Waals surface area (Å²) in [7, 11) is 0. The quantitative estimate of drug-likeness (QED) is 0.917. The van der Waals surface area contributed by atoms with Gasteiger partial charge in [-0.3, -0.25) is 0 Å². The maximum Gasteiger partial charge on any atom is 0.243 e. The van der Waals surface area contributed by atoms with Crippen LogP contribution in [0.5, 0.6) is 0 Å². The van der Waals surface area contributed by atoms with Gasteiger partial charge in [0, 0.05) is 13.0 Å². The largest absolute Gasteiger partial charge is 0.378 e. The van der Waals surface area contributed by atoms with Gasteiger partial charge in [0.2, 0.25) is 5.89 Å². The van der Waals surface area contributed by atoms with Crippen molar-refractivity contribution in [1.82, 2.24) is 10.1 Å². The van der Waals surface area contributed by atoms with E-state index in [1.807, 2.05) is 0 Å². The number of nitrogens with zero attached hydrogens (tertiary/aromatic N) is 2. The summed E-state index contributed by atoms with van der Waals surface area (Å²) in [4.78, 5) is 4.50. The molecule has 2 atom stereocenters. The van der Waals surface area contributed by atoms with Crippen LogP contribution in [-0.4, -0.2) is 22.9 Å². The summed E-state index contributed by atoms with van der Waals surface area (Å²) >= 11 is 0. The summed E-state index contributed by atoms with van der Waals surface area (Å²) in [6.07, 6.45) is 10.7. The lowest BCUT2D eigenvalue weighted by Crippen LogP contribution is -2.24. The normalized spacial score (nSPS) is 26.6. The molecule has 2 unspecified atom stereocenters. The van der Waals surface area contributed by atoms with Crippen molar-refractivity contribution in [3.05, 3.63) is 11.7 Å². The molecule has 1 aromatic rings. The summed E-state index contributed by atoms with van der Waals surface area (Å²) in [6, 6.07) is -0.0937. The molecule has 0 aromatic carbocycles. The molecule has 1 saturated heterocycles. The molecular weight excluding hydrogens is 254 g/mol. The van der Waals surface area contributed by atoms with Gasteiger partial charge in [0.05, 0.1) is 12.1 Å². The highest BCUT2D eigenvalue weighted by Crippen LogP contribution is 2.32. The first-order valence-corrected chi connectivity index (χ1v) is 8.02. The molecule has 5 heteroatoms. The minimum absolute atomic E-state index is 0.0937. The predicted octanol–water partition coefficient (Wildman–Crippen LogP) is 2.76. The van der Waals surface area contributed by atoms with E-state index in [1.165, 1.54) is 44.9 Å².